The highest BCUT2D eigenvalue weighted by molar-refractivity contribution is 5.99. The van der Waals surface area contributed by atoms with Gasteiger partial charge in [0, 0.05) is 42.0 Å². The van der Waals surface area contributed by atoms with Crippen molar-refractivity contribution in [1.29, 1.82) is 0 Å². The first-order chi connectivity index (χ1) is 16.3. The average molecular weight is 467 g/mol. The third kappa shape index (κ3) is 3.73. The van der Waals surface area contributed by atoms with Gasteiger partial charge in [0.25, 0.3) is 0 Å². The summed E-state index contributed by atoms with van der Waals surface area (Å²) < 4.78 is 21.0. The van der Waals surface area contributed by atoms with Crippen LogP contribution in [0.15, 0.2) is 24.5 Å². The number of nitrogens with zero attached hydrogens (tertiary/aromatic N) is 4. The lowest BCUT2D eigenvalue weighted by Gasteiger charge is -2.35. The molecule has 10 heteroatoms. The number of benzene rings is 1. The van der Waals surface area contributed by atoms with Crippen LogP contribution < -0.4 is 20.7 Å². The number of carboxylic acid groups (broad SMARTS) is 1. The van der Waals surface area contributed by atoms with E-state index in [1.807, 2.05) is 14.0 Å². The van der Waals surface area contributed by atoms with Crippen LogP contribution in [0.4, 0.5) is 26.4 Å². The Morgan fingerprint density at radius 2 is 2.15 bits per heavy atom. The van der Waals surface area contributed by atoms with Gasteiger partial charge in [0.1, 0.15) is 18.1 Å². The number of hydrogen-bond donors (Lipinski definition) is 3. The van der Waals surface area contributed by atoms with Gasteiger partial charge in [0.05, 0.1) is 11.7 Å². The van der Waals surface area contributed by atoms with E-state index in [9.17, 15) is 9.90 Å². The van der Waals surface area contributed by atoms with E-state index in [4.69, 9.17) is 10.5 Å². The smallest absolute Gasteiger partial charge is 0.413 e. The zero-order valence-electron chi connectivity index (χ0n) is 19.1. The zero-order valence-corrected chi connectivity index (χ0v) is 19.1. The molecular weight excluding hydrogens is 439 g/mol. The first-order valence-electron chi connectivity index (χ1n) is 11.3. The van der Waals surface area contributed by atoms with E-state index in [1.54, 1.807) is 18.3 Å². The van der Waals surface area contributed by atoms with Crippen LogP contribution >= 0.6 is 0 Å². The molecule has 0 spiro atoms. The molecule has 2 aliphatic heterocycles. The van der Waals surface area contributed by atoms with Crippen LogP contribution in [0.25, 0.3) is 21.9 Å². The Morgan fingerprint density at radius 3 is 2.91 bits per heavy atom. The lowest BCUT2D eigenvalue weighted by Crippen LogP contribution is -2.49. The van der Waals surface area contributed by atoms with Crippen molar-refractivity contribution in [3.8, 4) is 17.0 Å². The number of amides is 1. The van der Waals surface area contributed by atoms with E-state index in [0.717, 1.165) is 30.6 Å². The van der Waals surface area contributed by atoms with Gasteiger partial charge in [-0.05, 0) is 56.4 Å². The Morgan fingerprint density at radius 1 is 1.32 bits per heavy atom. The van der Waals surface area contributed by atoms with Crippen molar-refractivity contribution in [2.45, 2.75) is 25.8 Å². The van der Waals surface area contributed by atoms with Gasteiger partial charge in [0.15, 0.2) is 5.82 Å². The normalized spacial score (nSPS) is 18.1. The minimum atomic E-state index is -1.07. The van der Waals surface area contributed by atoms with E-state index < -0.39 is 11.9 Å². The average Bonchev–Trinajstić information content (AvgIpc) is 2.82. The molecule has 1 fully saturated rings. The molecule has 1 atom stereocenters. The number of halogens is 1. The fraction of sp³-hybridized carbons (Fsp3) is 0.375. The van der Waals surface area contributed by atoms with Crippen LogP contribution in [-0.4, -0.2) is 65.4 Å². The zero-order chi connectivity index (χ0) is 24.0. The van der Waals surface area contributed by atoms with Gasteiger partial charge in [-0.25, -0.2) is 19.2 Å². The maximum absolute atomic E-state index is 15.4. The summed E-state index contributed by atoms with van der Waals surface area (Å²) >= 11 is 0. The molecule has 0 aliphatic carbocycles. The maximum atomic E-state index is 15.4. The number of carbonyl (C=O) groups is 1. The molecule has 9 nitrogen and oxygen atoms in total. The van der Waals surface area contributed by atoms with Crippen LogP contribution in [0.1, 0.15) is 18.4 Å². The number of nitrogen functional groups attached to an aromatic ring is 1. The molecule has 4 heterocycles. The largest absolute Gasteiger partial charge is 0.474 e. The van der Waals surface area contributed by atoms with Crippen LogP contribution in [0.3, 0.4) is 0 Å². The van der Waals surface area contributed by atoms with E-state index in [-0.39, 0.29) is 11.7 Å². The number of nitrogens with two attached hydrogens (primary N) is 1. The highest BCUT2D eigenvalue weighted by atomic mass is 19.1. The standard InChI is InChI=1S/C24H27FN6O3/c1-13-17(10-29-23-22(13)27-5-7-34-23)16-8-14-9-19(28-11-18(14)21(26)20(16)25)31(24(32)33)15-4-3-6-30(2)12-15/h8-11,15,27H,3-7,12,26H2,1-2H3,(H,32,33)/t15-/m0/s1. The SMILES string of the molecule is Cc1c(-c2cc3cc(N(C(=O)O)[C@H]4CCCN(C)C4)ncc3c(N)c2F)cnc2c1NCCO2. The molecule has 0 bridgehead atoms. The van der Waals surface area contributed by atoms with Crippen LogP contribution in [0, 0.1) is 12.7 Å². The molecule has 1 amide bonds. The number of pyridine rings is 2. The summed E-state index contributed by atoms with van der Waals surface area (Å²) in [4.78, 5) is 24.3. The second-order valence-corrected chi connectivity index (χ2v) is 8.88. The molecule has 4 N–H and O–H groups in total. The van der Waals surface area contributed by atoms with E-state index in [1.165, 1.54) is 11.1 Å². The van der Waals surface area contributed by atoms with Crippen molar-refractivity contribution in [2.75, 3.05) is 49.2 Å². The van der Waals surface area contributed by atoms with Gasteiger partial charge < -0.3 is 25.8 Å². The quantitative estimate of drug-likeness (QED) is 0.500. The molecule has 34 heavy (non-hydrogen) atoms. The Balaban J connectivity index is 1.62. The number of rotatable bonds is 3. The van der Waals surface area contributed by atoms with Gasteiger partial charge in [-0.15, -0.1) is 0 Å². The number of likely N-dealkylation sites (N-methyl/N-ethyl adjacent to an activating group) is 1. The topological polar surface area (TPSA) is 117 Å². The molecule has 1 aromatic carbocycles. The molecule has 178 valence electrons. The predicted molar refractivity (Wildman–Crippen MR) is 129 cm³/mol. The van der Waals surface area contributed by atoms with Gasteiger partial charge in [0.2, 0.25) is 5.88 Å². The molecule has 0 radical (unpaired) electrons. The number of fused-ring (bicyclic) bond motifs is 2. The van der Waals surface area contributed by atoms with Gasteiger partial charge >= 0.3 is 6.09 Å². The van der Waals surface area contributed by atoms with Crippen molar-refractivity contribution in [2.24, 2.45) is 0 Å². The Hall–Kier alpha value is -3.66. The van der Waals surface area contributed by atoms with Crippen LogP contribution in [0.5, 0.6) is 5.88 Å². The van der Waals surface area contributed by atoms with Crippen molar-refractivity contribution >= 4 is 34.1 Å². The Bertz CT molecular complexity index is 1280. The molecule has 0 saturated carbocycles. The van der Waals surface area contributed by atoms with E-state index in [0.29, 0.717) is 53.3 Å². The number of anilines is 3. The summed E-state index contributed by atoms with van der Waals surface area (Å²) in [5.41, 5.74) is 8.56. The summed E-state index contributed by atoms with van der Waals surface area (Å²) in [5, 5.41) is 14.3. The van der Waals surface area contributed by atoms with Gasteiger partial charge in [-0.1, -0.05) is 0 Å². The molecular formula is C24H27FN6O3. The summed E-state index contributed by atoms with van der Waals surface area (Å²) in [6, 6.07) is 3.13. The van der Waals surface area contributed by atoms with E-state index in [2.05, 4.69) is 20.2 Å². The number of aromatic nitrogens is 2. The number of nitrogens with one attached hydrogen (secondary N) is 1. The highest BCUT2D eigenvalue weighted by Crippen LogP contribution is 2.40. The van der Waals surface area contributed by atoms with Crippen molar-refractivity contribution in [3.05, 3.63) is 35.9 Å². The summed E-state index contributed by atoms with van der Waals surface area (Å²) in [6.45, 7) is 4.59. The van der Waals surface area contributed by atoms with Crippen LogP contribution in [0.2, 0.25) is 0 Å². The lowest BCUT2D eigenvalue weighted by molar-refractivity contribution is 0.187. The minimum absolute atomic E-state index is 0.0350. The third-order valence-electron chi connectivity index (χ3n) is 6.64. The highest BCUT2D eigenvalue weighted by Gasteiger charge is 2.30. The minimum Gasteiger partial charge on any atom is -0.474 e. The van der Waals surface area contributed by atoms with Crippen molar-refractivity contribution in [3.63, 3.8) is 0 Å². The second kappa shape index (κ2) is 8.60. The summed E-state index contributed by atoms with van der Waals surface area (Å²) in [7, 11) is 1.98. The molecule has 0 unspecified atom stereocenters. The van der Waals surface area contributed by atoms with Crippen molar-refractivity contribution < 1.29 is 19.0 Å². The first kappa shape index (κ1) is 22.1. The summed E-state index contributed by atoms with van der Waals surface area (Å²) in [6.07, 6.45) is 3.62. The Labute approximate surface area is 196 Å². The fourth-order valence-corrected chi connectivity index (χ4v) is 4.90. The predicted octanol–water partition coefficient (Wildman–Crippen LogP) is 3.71. The van der Waals surface area contributed by atoms with E-state index >= 15 is 4.39 Å². The number of ether oxygens (including phenoxy) is 1. The molecule has 5 rings (SSSR count). The monoisotopic (exact) mass is 466 g/mol. The third-order valence-corrected chi connectivity index (χ3v) is 6.64. The molecule has 2 aromatic heterocycles. The fourth-order valence-electron chi connectivity index (χ4n) is 4.90. The molecule has 1 saturated heterocycles. The maximum Gasteiger partial charge on any atom is 0.413 e. The first-order valence-corrected chi connectivity index (χ1v) is 11.3. The number of likely N-dealkylation sites (tertiary alicyclic amines) is 1. The number of piperidine rings is 1. The lowest BCUT2D eigenvalue weighted by atomic mass is 9.97. The Kier molecular flexibility index (Phi) is 5.60. The second-order valence-electron chi connectivity index (χ2n) is 8.88. The van der Waals surface area contributed by atoms with Gasteiger partial charge in [-0.3, -0.25) is 4.90 Å². The van der Waals surface area contributed by atoms with Crippen molar-refractivity contribution in [1.82, 2.24) is 14.9 Å². The summed E-state index contributed by atoms with van der Waals surface area (Å²) in [5.74, 6) is 0.225. The number of hydrogen-bond acceptors (Lipinski definition) is 7. The molecule has 2 aliphatic rings. The van der Waals surface area contributed by atoms with Gasteiger partial charge in [-0.2, -0.15) is 0 Å². The molecule has 3 aromatic rings. The van der Waals surface area contributed by atoms with Crippen LogP contribution in [-0.2, 0) is 0 Å².